The molecule has 3 N–H and O–H groups in total. The van der Waals surface area contributed by atoms with E-state index in [0.29, 0.717) is 17.9 Å². The Morgan fingerprint density at radius 3 is 2.70 bits per heavy atom. The molecule has 0 spiro atoms. The van der Waals surface area contributed by atoms with Crippen LogP contribution in [0.25, 0.3) is 0 Å². The smallest absolute Gasteiger partial charge is 0.340 e. The Hall–Kier alpha value is -2.07. The molecule has 0 bridgehead atoms. The average Bonchev–Trinajstić information content (AvgIpc) is 3.08. The third kappa shape index (κ3) is 6.24. The van der Waals surface area contributed by atoms with Gasteiger partial charge in [0.15, 0.2) is 0 Å². The van der Waals surface area contributed by atoms with Gasteiger partial charge in [0.2, 0.25) is 10.0 Å². The molecule has 0 aliphatic carbocycles. The molecule has 1 aromatic carbocycles. The van der Waals surface area contributed by atoms with Crippen molar-refractivity contribution in [1.82, 2.24) is 4.90 Å². The van der Waals surface area contributed by atoms with Crippen molar-refractivity contribution in [1.29, 1.82) is 0 Å². The maximum atomic E-state index is 12.5. The lowest BCUT2D eigenvalue weighted by molar-refractivity contribution is 0.0494. The van der Waals surface area contributed by atoms with Crippen LogP contribution in [0.4, 0.5) is 5.69 Å². The van der Waals surface area contributed by atoms with E-state index in [4.69, 9.17) is 25.9 Å². The van der Waals surface area contributed by atoms with Crippen LogP contribution >= 0.6 is 11.6 Å². The molecule has 0 atom stereocenters. The molecule has 1 heterocycles. The summed E-state index contributed by atoms with van der Waals surface area (Å²) in [5, 5.41) is 8.09. The van der Waals surface area contributed by atoms with Gasteiger partial charge in [0.1, 0.15) is 10.7 Å². The van der Waals surface area contributed by atoms with Gasteiger partial charge >= 0.3 is 5.97 Å². The number of nitrogens with two attached hydrogens (primary N) is 1. The highest BCUT2D eigenvalue weighted by atomic mass is 35.5. The van der Waals surface area contributed by atoms with Crippen molar-refractivity contribution >= 4 is 33.3 Å². The lowest BCUT2D eigenvalue weighted by Gasteiger charge is -2.14. The van der Waals surface area contributed by atoms with Gasteiger partial charge < -0.3 is 19.4 Å². The highest BCUT2D eigenvalue weighted by Crippen LogP contribution is 2.29. The van der Waals surface area contributed by atoms with Crippen molar-refractivity contribution < 1.29 is 22.4 Å². The molecule has 0 radical (unpaired) electrons. The number of anilines is 1. The second-order valence-corrected chi connectivity index (χ2v) is 8.04. The van der Waals surface area contributed by atoms with Crippen LogP contribution in [-0.4, -0.2) is 46.5 Å². The normalized spacial score (nSPS) is 11.6. The predicted molar refractivity (Wildman–Crippen MR) is 102 cm³/mol. The molecule has 0 aliphatic heterocycles. The molecule has 0 saturated carbocycles. The minimum atomic E-state index is -4.09. The zero-order valence-electron chi connectivity index (χ0n) is 15.1. The Labute approximate surface area is 163 Å². The van der Waals surface area contributed by atoms with Gasteiger partial charge in [-0.25, -0.2) is 18.4 Å². The average molecular weight is 416 g/mol. The van der Waals surface area contributed by atoms with E-state index in [9.17, 15) is 13.2 Å². The summed E-state index contributed by atoms with van der Waals surface area (Å²) in [6.45, 7) is 1.22. The van der Waals surface area contributed by atoms with Gasteiger partial charge in [-0.3, -0.25) is 0 Å². The molecule has 27 heavy (non-hydrogen) atoms. The molecule has 2 aromatic rings. The minimum Gasteiger partial charge on any atom is -0.467 e. The molecule has 10 heteroatoms. The lowest BCUT2D eigenvalue weighted by atomic mass is 10.1. The van der Waals surface area contributed by atoms with Crippen LogP contribution in [0.5, 0.6) is 0 Å². The van der Waals surface area contributed by atoms with E-state index in [0.717, 1.165) is 12.6 Å². The number of ether oxygens (including phenoxy) is 1. The van der Waals surface area contributed by atoms with E-state index in [2.05, 4.69) is 5.32 Å². The van der Waals surface area contributed by atoms with Gasteiger partial charge in [-0.2, -0.15) is 0 Å². The molecule has 8 nitrogen and oxygen atoms in total. The fourth-order valence-corrected chi connectivity index (χ4v) is 3.40. The first kappa shape index (κ1) is 21.2. The number of benzene rings is 1. The first-order chi connectivity index (χ1) is 12.7. The van der Waals surface area contributed by atoms with E-state index < -0.39 is 16.0 Å². The Kier molecular flexibility index (Phi) is 7.25. The molecule has 1 aromatic heterocycles. The van der Waals surface area contributed by atoms with Crippen LogP contribution in [0.15, 0.2) is 39.8 Å². The summed E-state index contributed by atoms with van der Waals surface area (Å²) in [7, 11) is -0.268. The standard InChI is InChI=1S/C17H22ClN3O5S/c1-21(2)6-4-8-26-17(22)13-9-16(27(19,23)24)14(18)10-15(13)20-11-12-5-3-7-25-12/h3,5,7,9-10,20H,4,6,8,11H2,1-2H3,(H2,19,23,24). The van der Waals surface area contributed by atoms with E-state index in [1.807, 2.05) is 19.0 Å². The van der Waals surface area contributed by atoms with Gasteiger partial charge in [0, 0.05) is 6.54 Å². The summed E-state index contributed by atoms with van der Waals surface area (Å²) in [5.74, 6) is -0.0378. The van der Waals surface area contributed by atoms with Crippen LogP contribution in [0.3, 0.4) is 0 Å². The van der Waals surface area contributed by atoms with E-state index >= 15 is 0 Å². The maximum absolute atomic E-state index is 12.5. The number of nitrogens with zero attached hydrogens (tertiary/aromatic N) is 1. The van der Waals surface area contributed by atoms with Crippen molar-refractivity contribution in [2.75, 3.05) is 32.6 Å². The summed E-state index contributed by atoms with van der Waals surface area (Å²) in [6, 6.07) is 5.94. The van der Waals surface area contributed by atoms with Crippen LogP contribution < -0.4 is 10.5 Å². The number of furan rings is 1. The molecule has 2 rings (SSSR count). The molecular formula is C17H22ClN3O5S. The number of nitrogens with one attached hydrogen (secondary N) is 1. The summed E-state index contributed by atoms with van der Waals surface area (Å²) in [6.07, 6.45) is 2.16. The predicted octanol–water partition coefficient (Wildman–Crippen LogP) is 2.30. The number of rotatable bonds is 9. The first-order valence-corrected chi connectivity index (χ1v) is 10.1. The quantitative estimate of drug-likeness (QED) is 0.477. The third-order valence-corrected chi connectivity index (χ3v) is 4.99. The number of carbonyl (C=O) groups excluding carboxylic acids is 1. The molecule has 0 aliphatic rings. The summed E-state index contributed by atoms with van der Waals surface area (Å²) in [4.78, 5) is 14.1. The van der Waals surface area contributed by atoms with Crippen LogP contribution in [-0.2, 0) is 21.3 Å². The van der Waals surface area contributed by atoms with Crippen LogP contribution in [0, 0.1) is 0 Å². The van der Waals surface area contributed by atoms with Gasteiger partial charge in [0.25, 0.3) is 0 Å². The third-order valence-electron chi connectivity index (χ3n) is 3.61. The van der Waals surface area contributed by atoms with Crippen LogP contribution in [0.2, 0.25) is 5.02 Å². The zero-order valence-corrected chi connectivity index (χ0v) is 16.6. The van der Waals surface area contributed by atoms with Crippen molar-refractivity contribution in [3.63, 3.8) is 0 Å². The monoisotopic (exact) mass is 415 g/mol. The highest BCUT2D eigenvalue weighted by molar-refractivity contribution is 7.89. The number of primary sulfonamides is 1. The second-order valence-electron chi connectivity index (χ2n) is 6.10. The highest BCUT2D eigenvalue weighted by Gasteiger charge is 2.21. The van der Waals surface area contributed by atoms with E-state index in [1.165, 1.54) is 12.3 Å². The largest absolute Gasteiger partial charge is 0.467 e. The van der Waals surface area contributed by atoms with Gasteiger partial charge in [0.05, 0.1) is 35.7 Å². The number of hydrogen-bond acceptors (Lipinski definition) is 7. The van der Waals surface area contributed by atoms with Crippen molar-refractivity contribution in [3.8, 4) is 0 Å². The molecule has 0 fully saturated rings. The number of sulfonamides is 1. The molecule has 148 valence electrons. The van der Waals surface area contributed by atoms with Crippen molar-refractivity contribution in [2.24, 2.45) is 5.14 Å². The van der Waals surface area contributed by atoms with Crippen molar-refractivity contribution in [2.45, 2.75) is 17.9 Å². The topological polar surface area (TPSA) is 115 Å². The molecule has 0 saturated heterocycles. The molecule has 0 unspecified atom stereocenters. The van der Waals surface area contributed by atoms with Crippen LogP contribution in [0.1, 0.15) is 22.5 Å². The Bertz CT molecular complexity index is 882. The Balaban J connectivity index is 2.25. The number of hydrogen-bond donors (Lipinski definition) is 2. The SMILES string of the molecule is CN(C)CCCOC(=O)c1cc(S(N)(=O)=O)c(Cl)cc1NCc1ccco1. The summed E-state index contributed by atoms with van der Waals surface area (Å²) in [5.41, 5.74) is 0.348. The fourth-order valence-electron chi connectivity index (χ4n) is 2.31. The summed E-state index contributed by atoms with van der Waals surface area (Å²) < 4.78 is 33.9. The Morgan fingerprint density at radius 1 is 1.37 bits per heavy atom. The minimum absolute atomic E-state index is 0.0276. The number of halogens is 1. The maximum Gasteiger partial charge on any atom is 0.340 e. The van der Waals surface area contributed by atoms with Gasteiger partial charge in [-0.05, 0) is 44.8 Å². The first-order valence-electron chi connectivity index (χ1n) is 8.13. The van der Waals surface area contributed by atoms with E-state index in [-0.39, 0.29) is 28.6 Å². The zero-order chi connectivity index (χ0) is 20.0. The van der Waals surface area contributed by atoms with Gasteiger partial charge in [-0.1, -0.05) is 11.6 Å². The van der Waals surface area contributed by atoms with Crippen molar-refractivity contribution in [3.05, 3.63) is 46.9 Å². The fraction of sp³-hybridized carbons (Fsp3) is 0.353. The molecule has 0 amide bonds. The number of esters is 1. The number of carbonyl (C=O) groups is 1. The van der Waals surface area contributed by atoms with E-state index in [1.54, 1.807) is 12.1 Å². The second kappa shape index (κ2) is 9.23. The lowest BCUT2D eigenvalue weighted by Crippen LogP contribution is -2.18. The molecular weight excluding hydrogens is 394 g/mol. The Morgan fingerprint density at radius 2 is 2.11 bits per heavy atom. The summed E-state index contributed by atoms with van der Waals surface area (Å²) >= 11 is 6.03. The van der Waals surface area contributed by atoms with Gasteiger partial charge in [-0.15, -0.1) is 0 Å².